The van der Waals surface area contributed by atoms with Gasteiger partial charge in [0, 0.05) is 50.1 Å². The lowest BCUT2D eigenvalue weighted by molar-refractivity contribution is -0.141. The number of amides is 1. The number of hydrogen-bond donors (Lipinski definition) is 3. The molecule has 0 unspecified atom stereocenters. The molecule has 1 aliphatic rings. The van der Waals surface area contributed by atoms with E-state index in [4.69, 9.17) is 11.1 Å². The van der Waals surface area contributed by atoms with Gasteiger partial charge in [-0.2, -0.15) is 0 Å². The molecule has 1 saturated heterocycles. The van der Waals surface area contributed by atoms with E-state index >= 15 is 0 Å². The van der Waals surface area contributed by atoms with E-state index in [0.29, 0.717) is 44.0 Å². The van der Waals surface area contributed by atoms with Gasteiger partial charge in [0.15, 0.2) is 5.13 Å². The highest BCUT2D eigenvalue weighted by atomic mass is 32.1. The number of esters is 1. The molecule has 2 aromatic rings. The Morgan fingerprint density at radius 3 is 2.60 bits per heavy atom. The predicted octanol–water partition coefficient (Wildman–Crippen LogP) is 2.56. The van der Waals surface area contributed by atoms with Gasteiger partial charge >= 0.3 is 11.9 Å². The number of aromatic carboxylic acids is 1. The summed E-state index contributed by atoms with van der Waals surface area (Å²) in [5.41, 5.74) is 5.64. The Balaban J connectivity index is 1.68. The van der Waals surface area contributed by atoms with Crippen LogP contribution in [0.4, 0.5) is 9.52 Å². The molecule has 0 saturated carbocycles. The molecular weight excluding hydrogens is 477 g/mol. The van der Waals surface area contributed by atoms with E-state index in [2.05, 4.69) is 9.72 Å². The lowest BCUT2D eigenvalue weighted by Gasteiger charge is -2.33. The fraction of sp³-hybridized carbons (Fsp3) is 0.435. The molecule has 10 nitrogen and oxygen atoms in total. The SMILES string of the molecule is COC(=O)CCCN(C)C(=O)C1CCN(c2nc(-c3ccc(C(=N)N)cc3F)c(C(=O)O)s2)CC1. The molecular formula is C23H28FN5O5S. The fourth-order valence-corrected chi connectivity index (χ4v) is 4.92. The first kappa shape index (κ1) is 26.1. The van der Waals surface area contributed by atoms with Crippen molar-refractivity contribution in [3.05, 3.63) is 34.5 Å². The highest BCUT2D eigenvalue weighted by molar-refractivity contribution is 7.17. The zero-order valence-corrected chi connectivity index (χ0v) is 20.4. The van der Waals surface area contributed by atoms with E-state index < -0.39 is 11.8 Å². The first-order valence-corrected chi connectivity index (χ1v) is 11.9. The van der Waals surface area contributed by atoms with E-state index in [0.717, 1.165) is 17.4 Å². The second kappa shape index (κ2) is 11.3. The van der Waals surface area contributed by atoms with Crippen molar-refractivity contribution < 1.29 is 28.6 Å². The molecule has 188 valence electrons. The molecule has 1 fully saturated rings. The number of nitrogen functional groups attached to an aromatic ring is 1. The Bertz CT molecular complexity index is 1130. The third-order valence-corrected chi connectivity index (χ3v) is 7.04. The minimum Gasteiger partial charge on any atom is -0.477 e. The summed E-state index contributed by atoms with van der Waals surface area (Å²) in [5.74, 6) is -2.69. The van der Waals surface area contributed by atoms with Gasteiger partial charge in [-0.3, -0.25) is 15.0 Å². The molecule has 0 radical (unpaired) electrons. The maximum Gasteiger partial charge on any atom is 0.348 e. The summed E-state index contributed by atoms with van der Waals surface area (Å²) < 4.78 is 19.3. The Hall–Kier alpha value is -3.54. The van der Waals surface area contributed by atoms with Crippen LogP contribution in [0.1, 0.15) is 40.9 Å². The van der Waals surface area contributed by atoms with Crippen LogP contribution < -0.4 is 10.6 Å². The number of aromatic nitrogens is 1. The molecule has 2 heterocycles. The summed E-state index contributed by atoms with van der Waals surface area (Å²) >= 11 is 0.963. The molecule has 3 rings (SSSR count). The van der Waals surface area contributed by atoms with Crippen molar-refractivity contribution in [3.8, 4) is 11.3 Å². The number of carbonyl (C=O) groups excluding carboxylic acids is 2. The lowest BCUT2D eigenvalue weighted by Crippen LogP contribution is -2.41. The Morgan fingerprint density at radius 2 is 2.03 bits per heavy atom. The number of hydrogen-bond acceptors (Lipinski definition) is 8. The maximum absolute atomic E-state index is 14.7. The van der Waals surface area contributed by atoms with E-state index in [1.807, 2.05) is 4.90 Å². The van der Waals surface area contributed by atoms with Crippen LogP contribution in [-0.4, -0.2) is 72.5 Å². The molecule has 1 amide bonds. The fourth-order valence-electron chi connectivity index (χ4n) is 3.95. The number of anilines is 1. The average Bonchev–Trinajstić information content (AvgIpc) is 3.28. The van der Waals surface area contributed by atoms with Gasteiger partial charge in [-0.05, 0) is 31.4 Å². The van der Waals surface area contributed by atoms with Gasteiger partial charge < -0.3 is 25.4 Å². The predicted molar refractivity (Wildman–Crippen MR) is 129 cm³/mol. The minimum absolute atomic E-state index is 0.00759. The highest BCUT2D eigenvalue weighted by Crippen LogP contribution is 2.36. The van der Waals surface area contributed by atoms with Crippen molar-refractivity contribution in [2.24, 2.45) is 11.7 Å². The van der Waals surface area contributed by atoms with Crippen LogP contribution >= 0.6 is 11.3 Å². The highest BCUT2D eigenvalue weighted by Gasteiger charge is 2.30. The van der Waals surface area contributed by atoms with Crippen molar-refractivity contribution in [2.45, 2.75) is 25.7 Å². The zero-order chi connectivity index (χ0) is 25.7. The number of amidine groups is 1. The number of ether oxygens (including phenoxy) is 1. The number of nitrogens with two attached hydrogens (primary N) is 1. The van der Waals surface area contributed by atoms with Crippen LogP contribution in [0.3, 0.4) is 0 Å². The van der Waals surface area contributed by atoms with Crippen LogP contribution in [0.25, 0.3) is 11.3 Å². The number of rotatable bonds is 9. The molecule has 4 N–H and O–H groups in total. The number of benzene rings is 1. The van der Waals surface area contributed by atoms with Gasteiger partial charge in [0.2, 0.25) is 5.91 Å². The number of piperidine rings is 1. The Morgan fingerprint density at radius 1 is 1.34 bits per heavy atom. The minimum atomic E-state index is -1.21. The van der Waals surface area contributed by atoms with E-state index in [1.54, 1.807) is 11.9 Å². The van der Waals surface area contributed by atoms with Gasteiger partial charge in [-0.15, -0.1) is 0 Å². The lowest BCUT2D eigenvalue weighted by atomic mass is 9.95. The van der Waals surface area contributed by atoms with E-state index in [-0.39, 0.29) is 51.7 Å². The van der Waals surface area contributed by atoms with Crippen molar-refractivity contribution in [3.63, 3.8) is 0 Å². The number of nitrogens with zero attached hydrogens (tertiary/aromatic N) is 3. The van der Waals surface area contributed by atoms with Gasteiger partial charge in [-0.1, -0.05) is 17.4 Å². The third-order valence-electron chi connectivity index (χ3n) is 5.94. The quantitative estimate of drug-likeness (QED) is 0.267. The number of nitrogens with one attached hydrogen (secondary N) is 1. The van der Waals surface area contributed by atoms with Gasteiger partial charge in [0.1, 0.15) is 22.2 Å². The van der Waals surface area contributed by atoms with Crippen LogP contribution in [-0.2, 0) is 14.3 Å². The zero-order valence-electron chi connectivity index (χ0n) is 19.5. The molecule has 0 spiro atoms. The first-order chi connectivity index (χ1) is 16.6. The van der Waals surface area contributed by atoms with Crippen LogP contribution in [0.2, 0.25) is 0 Å². The molecule has 35 heavy (non-hydrogen) atoms. The van der Waals surface area contributed by atoms with Gasteiger partial charge in [0.25, 0.3) is 0 Å². The average molecular weight is 506 g/mol. The smallest absolute Gasteiger partial charge is 0.348 e. The summed E-state index contributed by atoms with van der Waals surface area (Å²) in [4.78, 5) is 43.7. The number of thiazole rings is 1. The molecule has 1 aromatic heterocycles. The summed E-state index contributed by atoms with van der Waals surface area (Å²) in [7, 11) is 3.04. The molecule has 0 aliphatic carbocycles. The topological polar surface area (TPSA) is 150 Å². The van der Waals surface area contributed by atoms with Crippen molar-refractivity contribution in [1.29, 1.82) is 5.41 Å². The third kappa shape index (κ3) is 6.13. The maximum atomic E-state index is 14.7. The molecule has 1 aromatic carbocycles. The molecule has 1 aliphatic heterocycles. The van der Waals surface area contributed by atoms with Crippen molar-refractivity contribution >= 4 is 40.1 Å². The molecule has 0 bridgehead atoms. The van der Waals surface area contributed by atoms with Crippen LogP contribution in [0.15, 0.2) is 18.2 Å². The largest absolute Gasteiger partial charge is 0.477 e. The van der Waals surface area contributed by atoms with Gasteiger partial charge in [-0.25, -0.2) is 14.2 Å². The number of halogens is 1. The van der Waals surface area contributed by atoms with Crippen molar-refractivity contribution in [2.75, 3.05) is 38.7 Å². The molecule has 0 atom stereocenters. The summed E-state index contributed by atoms with van der Waals surface area (Å²) in [6.07, 6.45) is 1.92. The monoisotopic (exact) mass is 505 g/mol. The van der Waals surface area contributed by atoms with E-state index in [9.17, 15) is 23.9 Å². The van der Waals surface area contributed by atoms with Gasteiger partial charge in [0.05, 0.1) is 7.11 Å². The standard InChI is InChI=1S/C23H28FN5O5S/c1-28(9-3-4-17(30)34-2)21(31)13-7-10-29(11-8-13)23-27-18(19(35-23)22(32)33)15-6-5-14(20(25)26)12-16(15)24/h5-6,12-13H,3-4,7-11H2,1-2H3,(H3,25,26)(H,32,33). The van der Waals surface area contributed by atoms with Crippen molar-refractivity contribution in [1.82, 2.24) is 9.88 Å². The number of carboxylic acids is 1. The summed E-state index contributed by atoms with van der Waals surface area (Å²) in [6.45, 7) is 1.47. The first-order valence-electron chi connectivity index (χ1n) is 11.1. The number of carbonyl (C=O) groups is 3. The second-order valence-corrected chi connectivity index (χ2v) is 9.27. The summed E-state index contributed by atoms with van der Waals surface area (Å²) in [6, 6.07) is 3.91. The normalized spacial score (nSPS) is 14.0. The number of carboxylic acid groups (broad SMARTS) is 1. The Labute approximate surface area is 206 Å². The number of methoxy groups -OCH3 is 1. The second-order valence-electron chi connectivity index (χ2n) is 8.29. The van der Waals surface area contributed by atoms with Crippen LogP contribution in [0.5, 0.6) is 0 Å². The summed E-state index contributed by atoms with van der Waals surface area (Å²) in [5, 5.41) is 17.6. The van der Waals surface area contributed by atoms with E-state index in [1.165, 1.54) is 19.2 Å². The molecule has 12 heteroatoms. The van der Waals surface area contributed by atoms with Crippen LogP contribution in [0, 0.1) is 17.1 Å². The Kier molecular flexibility index (Phi) is 8.39.